The molecule has 2 nitrogen and oxygen atoms in total. The van der Waals surface area contributed by atoms with E-state index in [1.54, 1.807) is 6.07 Å². The lowest BCUT2D eigenvalue weighted by atomic mass is 10.2. The smallest absolute Gasteiger partial charge is 0.126 e. The zero-order chi connectivity index (χ0) is 12.8. The lowest BCUT2D eigenvalue weighted by Crippen LogP contribution is -2.26. The van der Waals surface area contributed by atoms with Crippen LogP contribution in [0.1, 0.15) is 19.4 Å². The molecule has 0 aliphatic rings. The van der Waals surface area contributed by atoms with E-state index >= 15 is 0 Å². The molecule has 1 rings (SSSR count). The fraction of sp³-hybridized carbons (Fsp3) is 0.429. The molecule has 94 valence electrons. The van der Waals surface area contributed by atoms with E-state index in [9.17, 15) is 4.39 Å². The summed E-state index contributed by atoms with van der Waals surface area (Å²) in [6.07, 6.45) is 0. The van der Waals surface area contributed by atoms with E-state index in [2.05, 4.69) is 25.7 Å². The minimum Gasteiger partial charge on any atom is -0.489 e. The predicted molar refractivity (Wildman–Crippen MR) is 68.9 cm³/mol. The van der Waals surface area contributed by atoms with Crippen LogP contribution >= 0.6 is 0 Å². The summed E-state index contributed by atoms with van der Waals surface area (Å²) in [4.78, 5) is 0. The molecule has 1 aromatic rings. The van der Waals surface area contributed by atoms with Crippen molar-refractivity contribution in [2.24, 2.45) is 0 Å². The molecule has 17 heavy (non-hydrogen) atoms. The van der Waals surface area contributed by atoms with Crippen molar-refractivity contribution in [1.82, 2.24) is 5.32 Å². The highest BCUT2D eigenvalue weighted by molar-refractivity contribution is 5.32. The monoisotopic (exact) mass is 237 g/mol. The number of aryl methyl sites for hydroxylation is 1. The highest BCUT2D eigenvalue weighted by atomic mass is 19.1. The zero-order valence-corrected chi connectivity index (χ0v) is 10.7. The van der Waals surface area contributed by atoms with Gasteiger partial charge in [0.15, 0.2) is 0 Å². The molecule has 1 aromatic carbocycles. The third-order valence-electron chi connectivity index (χ3n) is 2.34. The van der Waals surface area contributed by atoms with Gasteiger partial charge in [0, 0.05) is 18.7 Å². The Hall–Kier alpha value is -1.35. The van der Waals surface area contributed by atoms with Crippen molar-refractivity contribution >= 4 is 0 Å². The molecule has 0 radical (unpaired) electrons. The molecule has 1 N–H and O–H groups in total. The third kappa shape index (κ3) is 5.00. The minimum absolute atomic E-state index is 0.281. The summed E-state index contributed by atoms with van der Waals surface area (Å²) in [6.45, 7) is 11.1. The molecule has 0 unspecified atom stereocenters. The van der Waals surface area contributed by atoms with Crippen LogP contribution in [0.4, 0.5) is 4.39 Å². The van der Waals surface area contributed by atoms with Crippen molar-refractivity contribution in [3.8, 4) is 5.75 Å². The van der Waals surface area contributed by atoms with Gasteiger partial charge >= 0.3 is 0 Å². The Morgan fingerprint density at radius 2 is 2.18 bits per heavy atom. The van der Waals surface area contributed by atoms with Gasteiger partial charge in [-0.05, 0) is 24.1 Å². The maximum atomic E-state index is 13.0. The predicted octanol–water partition coefficient (Wildman–Crippen LogP) is 3.07. The lowest BCUT2D eigenvalue weighted by molar-refractivity contribution is 0.343. The van der Waals surface area contributed by atoms with E-state index < -0.39 is 0 Å². The van der Waals surface area contributed by atoms with Gasteiger partial charge in [0.1, 0.15) is 18.2 Å². The first-order valence-corrected chi connectivity index (χ1v) is 5.78. The van der Waals surface area contributed by atoms with Crippen molar-refractivity contribution in [1.29, 1.82) is 0 Å². The number of ether oxygens (including phenoxy) is 1. The first-order chi connectivity index (χ1) is 7.99. The molecule has 0 heterocycles. The average Bonchev–Trinajstić information content (AvgIpc) is 2.27. The molecular weight excluding hydrogens is 217 g/mol. The van der Waals surface area contributed by atoms with Gasteiger partial charge in [0.05, 0.1) is 0 Å². The van der Waals surface area contributed by atoms with Gasteiger partial charge in [0.25, 0.3) is 0 Å². The normalized spacial score (nSPS) is 10.6. The van der Waals surface area contributed by atoms with Crippen LogP contribution in [0.3, 0.4) is 0 Å². The van der Waals surface area contributed by atoms with Gasteiger partial charge in [-0.2, -0.15) is 0 Å². The minimum atomic E-state index is -0.281. The maximum Gasteiger partial charge on any atom is 0.126 e. The van der Waals surface area contributed by atoms with Crippen LogP contribution in [-0.4, -0.2) is 19.2 Å². The maximum absolute atomic E-state index is 13.0. The number of rotatable bonds is 6. The topological polar surface area (TPSA) is 21.3 Å². The molecule has 0 aliphatic heterocycles. The number of hydrogen-bond acceptors (Lipinski definition) is 2. The van der Waals surface area contributed by atoms with Crippen LogP contribution < -0.4 is 10.1 Å². The Bertz CT molecular complexity index is 388. The Balaban J connectivity index is 2.44. The summed E-state index contributed by atoms with van der Waals surface area (Å²) in [7, 11) is 0. The number of nitrogens with one attached hydrogen (secondary N) is 1. The SMILES string of the molecule is C=C(CNC(C)C)COc1cc(F)ccc1C. The molecule has 0 bridgehead atoms. The Kier molecular flexibility index (Phi) is 5.16. The molecule has 0 aliphatic carbocycles. The van der Waals surface area contributed by atoms with E-state index in [-0.39, 0.29) is 5.82 Å². The summed E-state index contributed by atoms with van der Waals surface area (Å²) in [5, 5.41) is 3.25. The highest BCUT2D eigenvalue weighted by Crippen LogP contribution is 2.19. The van der Waals surface area contributed by atoms with Crippen molar-refractivity contribution in [3.05, 3.63) is 41.7 Å². The molecule has 3 heteroatoms. The molecule has 0 amide bonds. The van der Waals surface area contributed by atoms with Crippen molar-refractivity contribution in [3.63, 3.8) is 0 Å². The van der Waals surface area contributed by atoms with E-state index in [0.717, 1.165) is 11.1 Å². The van der Waals surface area contributed by atoms with Gasteiger partial charge in [-0.3, -0.25) is 0 Å². The number of benzene rings is 1. The van der Waals surface area contributed by atoms with Crippen LogP contribution in [0.15, 0.2) is 30.4 Å². The van der Waals surface area contributed by atoms with Crippen LogP contribution in [0.25, 0.3) is 0 Å². The van der Waals surface area contributed by atoms with E-state index in [1.165, 1.54) is 12.1 Å². The standard InChI is InChI=1S/C14H20FNO/c1-10(2)16-8-11(3)9-17-14-7-13(15)6-5-12(14)4/h5-7,10,16H,3,8-9H2,1-2,4H3. The highest BCUT2D eigenvalue weighted by Gasteiger charge is 2.03. The van der Waals surface area contributed by atoms with Crippen LogP contribution in [0, 0.1) is 12.7 Å². The van der Waals surface area contributed by atoms with E-state index in [4.69, 9.17) is 4.74 Å². The second-order valence-corrected chi connectivity index (χ2v) is 4.48. The second-order valence-electron chi connectivity index (χ2n) is 4.48. The molecule has 0 saturated heterocycles. The van der Waals surface area contributed by atoms with Crippen molar-refractivity contribution < 1.29 is 9.13 Å². The molecule has 0 saturated carbocycles. The van der Waals surface area contributed by atoms with Gasteiger partial charge in [-0.15, -0.1) is 0 Å². The second kappa shape index (κ2) is 6.40. The summed E-state index contributed by atoms with van der Waals surface area (Å²) in [5.41, 5.74) is 1.87. The molecule has 0 fully saturated rings. The summed E-state index contributed by atoms with van der Waals surface area (Å²) in [5.74, 6) is 0.298. The van der Waals surface area contributed by atoms with Crippen molar-refractivity contribution in [2.45, 2.75) is 26.8 Å². The summed E-state index contributed by atoms with van der Waals surface area (Å²) in [6, 6.07) is 4.96. The Labute approximate surface area is 102 Å². The van der Waals surface area contributed by atoms with Crippen LogP contribution in [0.2, 0.25) is 0 Å². The number of hydrogen-bond donors (Lipinski definition) is 1. The quantitative estimate of drug-likeness (QED) is 0.768. The molecule has 0 atom stereocenters. The Morgan fingerprint density at radius 1 is 1.47 bits per heavy atom. The van der Waals surface area contributed by atoms with Crippen LogP contribution in [0.5, 0.6) is 5.75 Å². The van der Waals surface area contributed by atoms with Gasteiger partial charge in [-0.1, -0.05) is 26.5 Å². The zero-order valence-electron chi connectivity index (χ0n) is 10.7. The van der Waals surface area contributed by atoms with Gasteiger partial charge in [-0.25, -0.2) is 4.39 Å². The molecule has 0 spiro atoms. The molecular formula is C14H20FNO. The summed E-state index contributed by atoms with van der Waals surface area (Å²) >= 11 is 0. The van der Waals surface area contributed by atoms with Crippen molar-refractivity contribution in [2.75, 3.05) is 13.2 Å². The van der Waals surface area contributed by atoms with Crippen LogP contribution in [-0.2, 0) is 0 Å². The first kappa shape index (κ1) is 13.7. The van der Waals surface area contributed by atoms with E-state index in [1.807, 2.05) is 6.92 Å². The van der Waals surface area contributed by atoms with Gasteiger partial charge in [0.2, 0.25) is 0 Å². The number of halogens is 1. The molecule has 0 aromatic heterocycles. The average molecular weight is 237 g/mol. The Morgan fingerprint density at radius 3 is 2.82 bits per heavy atom. The van der Waals surface area contributed by atoms with Gasteiger partial charge < -0.3 is 10.1 Å². The third-order valence-corrected chi connectivity index (χ3v) is 2.34. The fourth-order valence-electron chi connectivity index (χ4n) is 1.31. The van der Waals surface area contributed by atoms with E-state index in [0.29, 0.717) is 24.9 Å². The largest absolute Gasteiger partial charge is 0.489 e. The fourth-order valence-corrected chi connectivity index (χ4v) is 1.31. The lowest BCUT2D eigenvalue weighted by Gasteiger charge is -2.13. The summed E-state index contributed by atoms with van der Waals surface area (Å²) < 4.78 is 18.5. The first-order valence-electron chi connectivity index (χ1n) is 5.78.